The van der Waals surface area contributed by atoms with Gasteiger partial charge in [0, 0.05) is 41.9 Å². The van der Waals surface area contributed by atoms with E-state index < -0.39 is 29.3 Å². The zero-order chi connectivity index (χ0) is 26.1. The number of aromatic hydroxyl groups is 1. The minimum absolute atomic E-state index is 0.00712. The standard InChI is InChI=1S/C25H28N2O6S3/c1-16(28)35-12-11-22(30)27-20(15-36-24(27)18-9-5-6-10-21(18)29)23(31)26-19(25(32)33)14-34-13-17-7-3-2-4-8-17/h2-10,19-20,24,29H,11-15H2,1H3,(H,26,31)(H,32,33)/t19-,20+,24-/m1/s1. The van der Waals surface area contributed by atoms with Gasteiger partial charge in [0.25, 0.3) is 0 Å². The van der Waals surface area contributed by atoms with Crippen LogP contribution in [0.1, 0.15) is 29.8 Å². The maximum Gasteiger partial charge on any atom is 0.327 e. The Morgan fingerprint density at radius 3 is 2.47 bits per heavy atom. The van der Waals surface area contributed by atoms with Crippen LogP contribution in [-0.2, 0) is 24.9 Å². The zero-order valence-corrected chi connectivity index (χ0v) is 22.1. The molecule has 1 aliphatic rings. The van der Waals surface area contributed by atoms with Crippen molar-refractivity contribution in [1.82, 2.24) is 10.2 Å². The SMILES string of the molecule is CC(=O)SCCC(=O)N1[C@@H](c2ccccc2O)SC[C@H]1C(=O)N[C@H](CSCc1ccccc1)C(=O)O. The first kappa shape index (κ1) is 27.9. The molecule has 1 heterocycles. The maximum absolute atomic E-state index is 13.2. The lowest BCUT2D eigenvalue weighted by atomic mass is 10.1. The van der Waals surface area contributed by atoms with Crippen molar-refractivity contribution in [2.75, 3.05) is 17.3 Å². The van der Waals surface area contributed by atoms with Crippen LogP contribution in [0.25, 0.3) is 0 Å². The summed E-state index contributed by atoms with van der Waals surface area (Å²) in [6, 6.07) is 14.2. The van der Waals surface area contributed by atoms with Gasteiger partial charge in [0.15, 0.2) is 5.12 Å². The van der Waals surface area contributed by atoms with E-state index in [0.717, 1.165) is 17.3 Å². The molecule has 0 spiro atoms. The van der Waals surface area contributed by atoms with Crippen LogP contribution in [0.4, 0.5) is 0 Å². The second-order valence-electron chi connectivity index (χ2n) is 8.05. The number of carbonyl (C=O) groups excluding carboxylic acids is 3. The van der Waals surface area contributed by atoms with Crippen molar-refractivity contribution in [3.05, 3.63) is 65.7 Å². The van der Waals surface area contributed by atoms with E-state index in [2.05, 4.69) is 5.32 Å². The fourth-order valence-corrected chi connectivity index (χ4v) is 6.72. The van der Waals surface area contributed by atoms with E-state index in [9.17, 15) is 29.4 Å². The zero-order valence-electron chi connectivity index (χ0n) is 19.7. The van der Waals surface area contributed by atoms with Gasteiger partial charge in [0.1, 0.15) is 23.2 Å². The van der Waals surface area contributed by atoms with Gasteiger partial charge < -0.3 is 20.4 Å². The first-order valence-corrected chi connectivity index (χ1v) is 14.5. The smallest absolute Gasteiger partial charge is 0.327 e. The lowest BCUT2D eigenvalue weighted by Crippen LogP contribution is -2.53. The van der Waals surface area contributed by atoms with Crippen LogP contribution >= 0.6 is 35.3 Å². The molecule has 0 radical (unpaired) electrons. The first-order valence-electron chi connectivity index (χ1n) is 11.3. The fraction of sp³-hybridized carbons (Fsp3) is 0.360. The van der Waals surface area contributed by atoms with Gasteiger partial charge in [-0.05, 0) is 11.6 Å². The number of carboxylic acids is 1. The molecule has 1 fully saturated rings. The number of thioether (sulfide) groups is 3. The molecule has 0 bridgehead atoms. The molecule has 0 aromatic heterocycles. The van der Waals surface area contributed by atoms with Crippen molar-refractivity contribution < 1.29 is 29.4 Å². The van der Waals surface area contributed by atoms with Gasteiger partial charge in [-0.1, -0.05) is 60.3 Å². The van der Waals surface area contributed by atoms with Gasteiger partial charge >= 0.3 is 5.97 Å². The number of aliphatic carboxylic acids is 1. The number of nitrogens with zero attached hydrogens (tertiary/aromatic N) is 1. The van der Waals surface area contributed by atoms with E-state index in [-0.39, 0.29) is 40.5 Å². The van der Waals surface area contributed by atoms with Crippen molar-refractivity contribution in [2.24, 2.45) is 0 Å². The Labute approximate surface area is 222 Å². The minimum Gasteiger partial charge on any atom is -0.508 e. The van der Waals surface area contributed by atoms with Gasteiger partial charge in [-0.25, -0.2) is 4.79 Å². The molecule has 2 amide bonds. The third-order valence-electron chi connectivity index (χ3n) is 5.43. The van der Waals surface area contributed by atoms with Crippen LogP contribution in [0.15, 0.2) is 54.6 Å². The average Bonchev–Trinajstić information content (AvgIpc) is 3.29. The summed E-state index contributed by atoms with van der Waals surface area (Å²) < 4.78 is 0. The van der Waals surface area contributed by atoms with Crippen LogP contribution in [0, 0.1) is 0 Å². The van der Waals surface area contributed by atoms with E-state index in [1.165, 1.54) is 41.4 Å². The fourth-order valence-electron chi connectivity index (χ4n) is 3.67. The highest BCUT2D eigenvalue weighted by Gasteiger charge is 2.43. The number of carboxylic acid groups (broad SMARTS) is 1. The molecule has 3 rings (SSSR count). The number of amides is 2. The summed E-state index contributed by atoms with van der Waals surface area (Å²) in [5.74, 6) is -0.746. The predicted octanol–water partition coefficient (Wildman–Crippen LogP) is 3.51. The van der Waals surface area contributed by atoms with Crippen LogP contribution < -0.4 is 5.32 Å². The summed E-state index contributed by atoms with van der Waals surface area (Å²) in [7, 11) is 0. The molecule has 1 saturated heterocycles. The minimum atomic E-state index is -1.15. The first-order chi connectivity index (χ1) is 17.3. The molecular weight excluding hydrogens is 520 g/mol. The number of carbonyl (C=O) groups is 4. The van der Waals surface area contributed by atoms with Crippen LogP contribution in [0.3, 0.4) is 0 Å². The highest BCUT2D eigenvalue weighted by atomic mass is 32.2. The van der Waals surface area contributed by atoms with E-state index in [1.807, 2.05) is 30.3 Å². The Balaban J connectivity index is 1.72. The van der Waals surface area contributed by atoms with Gasteiger partial charge in [-0.15, -0.1) is 11.8 Å². The number of phenols is 1. The van der Waals surface area contributed by atoms with Gasteiger partial charge in [-0.2, -0.15) is 11.8 Å². The Kier molecular flexibility index (Phi) is 10.6. The largest absolute Gasteiger partial charge is 0.508 e. The van der Waals surface area contributed by atoms with Crippen molar-refractivity contribution in [3.63, 3.8) is 0 Å². The van der Waals surface area contributed by atoms with Gasteiger partial charge in [-0.3, -0.25) is 14.4 Å². The molecule has 192 valence electrons. The quantitative estimate of drug-likeness (QED) is 0.387. The Hall–Kier alpha value is -2.63. The molecule has 0 unspecified atom stereocenters. The molecule has 2 aromatic rings. The molecule has 0 aliphatic carbocycles. The van der Waals surface area contributed by atoms with E-state index in [4.69, 9.17) is 0 Å². The molecular formula is C25H28N2O6S3. The molecule has 11 heteroatoms. The molecule has 8 nitrogen and oxygen atoms in total. The molecule has 2 aromatic carbocycles. The number of rotatable bonds is 11. The van der Waals surface area contributed by atoms with Crippen LogP contribution in [0.5, 0.6) is 5.75 Å². The Bertz CT molecular complexity index is 1080. The highest BCUT2D eigenvalue weighted by molar-refractivity contribution is 8.13. The summed E-state index contributed by atoms with van der Waals surface area (Å²) in [5.41, 5.74) is 1.55. The highest BCUT2D eigenvalue weighted by Crippen LogP contribution is 2.44. The predicted molar refractivity (Wildman–Crippen MR) is 144 cm³/mol. The van der Waals surface area contributed by atoms with Crippen LogP contribution in [0.2, 0.25) is 0 Å². The number of benzene rings is 2. The topological polar surface area (TPSA) is 124 Å². The van der Waals surface area contributed by atoms with Gasteiger partial charge in [0.2, 0.25) is 11.8 Å². The summed E-state index contributed by atoms with van der Waals surface area (Å²) in [6.07, 6.45) is 0.0357. The Morgan fingerprint density at radius 2 is 1.81 bits per heavy atom. The summed E-state index contributed by atoms with van der Waals surface area (Å²) in [6.45, 7) is 1.42. The molecule has 0 saturated carbocycles. The molecule has 36 heavy (non-hydrogen) atoms. The normalized spacial score (nSPS) is 18.0. The monoisotopic (exact) mass is 548 g/mol. The van der Waals surface area contributed by atoms with E-state index >= 15 is 0 Å². The second kappa shape index (κ2) is 13.6. The van der Waals surface area contributed by atoms with Gasteiger partial charge in [0.05, 0.1) is 0 Å². The van der Waals surface area contributed by atoms with Crippen LogP contribution in [-0.4, -0.2) is 67.4 Å². The van der Waals surface area contributed by atoms with Crippen molar-refractivity contribution in [2.45, 2.75) is 36.6 Å². The second-order valence-corrected chi connectivity index (χ2v) is 11.5. The lowest BCUT2D eigenvalue weighted by Gasteiger charge is -2.30. The summed E-state index contributed by atoms with van der Waals surface area (Å²) >= 11 is 3.76. The third-order valence-corrected chi connectivity index (χ3v) is 8.65. The third kappa shape index (κ3) is 7.68. The number of hydrogen-bond donors (Lipinski definition) is 3. The number of para-hydroxylation sites is 1. The van der Waals surface area contributed by atoms with Crippen molar-refractivity contribution in [3.8, 4) is 5.75 Å². The molecule has 1 aliphatic heterocycles. The molecule has 3 N–H and O–H groups in total. The van der Waals surface area contributed by atoms with E-state index in [1.54, 1.807) is 18.2 Å². The number of phenolic OH excluding ortho intramolecular Hbond substituents is 1. The maximum atomic E-state index is 13.2. The molecule has 3 atom stereocenters. The van der Waals surface area contributed by atoms with Crippen molar-refractivity contribution >= 4 is 58.2 Å². The summed E-state index contributed by atoms with van der Waals surface area (Å²) in [5, 5.41) is 22.0. The lowest BCUT2D eigenvalue weighted by molar-refractivity contribution is -0.143. The van der Waals surface area contributed by atoms with E-state index in [0.29, 0.717) is 11.3 Å². The van der Waals surface area contributed by atoms with Crippen molar-refractivity contribution in [1.29, 1.82) is 0 Å². The average molecular weight is 549 g/mol. The summed E-state index contributed by atoms with van der Waals surface area (Å²) in [4.78, 5) is 51.0. The Morgan fingerprint density at radius 1 is 1.11 bits per heavy atom. The number of nitrogens with one attached hydrogen (secondary N) is 1. The number of hydrogen-bond acceptors (Lipinski definition) is 8.